The molecule has 7 heteroatoms. The van der Waals surface area contributed by atoms with Gasteiger partial charge in [0.1, 0.15) is 0 Å². The van der Waals surface area contributed by atoms with Gasteiger partial charge in [-0.2, -0.15) is 5.10 Å². The summed E-state index contributed by atoms with van der Waals surface area (Å²) in [5, 5.41) is 6.22. The Bertz CT molecular complexity index is 997. The quantitative estimate of drug-likeness (QED) is 0.534. The first kappa shape index (κ1) is 11.3. The Morgan fingerprint density at radius 3 is 3.10 bits per heavy atom. The lowest BCUT2D eigenvalue weighted by molar-refractivity contribution is 0.918. The van der Waals surface area contributed by atoms with Gasteiger partial charge in [0, 0.05) is 30.0 Å². The zero-order chi connectivity index (χ0) is 13.7. The number of fused-ring (bicyclic) bond motifs is 2. The third kappa shape index (κ3) is 1.50. The highest BCUT2D eigenvalue weighted by atomic mass is 32.1. The van der Waals surface area contributed by atoms with Crippen molar-refractivity contribution >= 4 is 21.9 Å². The Hall–Kier alpha value is -2.54. The second-order valence-corrected chi connectivity index (χ2v) is 5.29. The third-order valence-electron chi connectivity index (χ3n) is 3.10. The van der Waals surface area contributed by atoms with Crippen LogP contribution in [-0.2, 0) is 0 Å². The van der Waals surface area contributed by atoms with Crippen molar-refractivity contribution in [2.45, 2.75) is 6.92 Å². The smallest absolute Gasteiger partial charge is 0.267 e. The third-order valence-corrected chi connectivity index (χ3v) is 3.87. The molecule has 4 rings (SSSR count). The van der Waals surface area contributed by atoms with Crippen molar-refractivity contribution in [3.05, 3.63) is 52.2 Å². The second-order valence-electron chi connectivity index (χ2n) is 4.42. The first-order valence-electron chi connectivity index (χ1n) is 6.01. The molecule has 4 aromatic rings. The summed E-state index contributed by atoms with van der Waals surface area (Å²) in [6.45, 7) is 1.89. The molecular weight excluding hydrogens is 274 g/mol. The largest absolute Gasteiger partial charge is 0.268 e. The molecule has 0 aliphatic heterocycles. The fourth-order valence-corrected chi connectivity index (χ4v) is 2.89. The van der Waals surface area contributed by atoms with Crippen molar-refractivity contribution in [1.82, 2.24) is 24.0 Å². The summed E-state index contributed by atoms with van der Waals surface area (Å²) < 4.78 is 3.22. The Morgan fingerprint density at radius 2 is 2.20 bits per heavy atom. The van der Waals surface area contributed by atoms with Crippen LogP contribution in [0.2, 0.25) is 0 Å². The van der Waals surface area contributed by atoms with E-state index in [1.165, 1.54) is 11.3 Å². The first-order chi connectivity index (χ1) is 9.74. The first-order valence-corrected chi connectivity index (χ1v) is 6.88. The molecule has 6 nitrogen and oxygen atoms in total. The van der Waals surface area contributed by atoms with Crippen molar-refractivity contribution in [2.75, 3.05) is 0 Å². The van der Waals surface area contributed by atoms with Gasteiger partial charge in [0.2, 0.25) is 0 Å². The van der Waals surface area contributed by atoms with Gasteiger partial charge in [-0.25, -0.2) is 14.5 Å². The molecule has 0 bridgehead atoms. The van der Waals surface area contributed by atoms with Gasteiger partial charge in [0.05, 0.1) is 17.0 Å². The molecule has 0 aliphatic rings. The molecular formula is C13H9N5OS. The predicted molar refractivity (Wildman–Crippen MR) is 76.1 cm³/mol. The van der Waals surface area contributed by atoms with Gasteiger partial charge in [-0.1, -0.05) is 0 Å². The number of thiazole rings is 1. The molecule has 0 N–H and O–H groups in total. The highest BCUT2D eigenvalue weighted by Gasteiger charge is 2.12. The highest BCUT2D eigenvalue weighted by molar-refractivity contribution is 7.15. The average Bonchev–Trinajstić information content (AvgIpc) is 3.04. The van der Waals surface area contributed by atoms with E-state index < -0.39 is 0 Å². The maximum absolute atomic E-state index is 12.5. The molecule has 4 heterocycles. The van der Waals surface area contributed by atoms with Gasteiger partial charge >= 0.3 is 0 Å². The van der Waals surface area contributed by atoms with Gasteiger partial charge in [0.25, 0.3) is 5.56 Å². The lowest BCUT2D eigenvalue weighted by Gasteiger charge is -2.03. The Morgan fingerprint density at radius 1 is 1.30 bits per heavy atom. The lowest BCUT2D eigenvalue weighted by Crippen LogP contribution is -2.16. The molecule has 0 aliphatic carbocycles. The molecule has 0 atom stereocenters. The Balaban J connectivity index is 2.10. The predicted octanol–water partition coefficient (Wildman–Crippen LogP) is 1.77. The standard InChI is InChI=1S/C13H9N5OS/c1-8-6-11-14-3-2-10(18(11)16-8)9-7-15-13-17(12(9)19)4-5-20-13/h2-7H,1H3. The van der Waals surface area contributed by atoms with Crippen LogP contribution in [0.4, 0.5) is 0 Å². The summed E-state index contributed by atoms with van der Waals surface area (Å²) in [6, 6.07) is 3.65. The van der Waals surface area contributed by atoms with E-state index in [0.717, 1.165) is 11.3 Å². The zero-order valence-electron chi connectivity index (χ0n) is 10.5. The number of rotatable bonds is 1. The minimum absolute atomic E-state index is 0.100. The van der Waals surface area contributed by atoms with Crippen LogP contribution in [-0.4, -0.2) is 24.0 Å². The number of aromatic nitrogens is 5. The highest BCUT2D eigenvalue weighted by Crippen LogP contribution is 2.17. The zero-order valence-corrected chi connectivity index (χ0v) is 11.3. The summed E-state index contributed by atoms with van der Waals surface area (Å²) in [7, 11) is 0. The molecule has 0 amide bonds. The minimum atomic E-state index is -0.100. The monoisotopic (exact) mass is 283 g/mol. The maximum atomic E-state index is 12.5. The van der Waals surface area contributed by atoms with Crippen LogP contribution in [0.1, 0.15) is 5.69 Å². The van der Waals surface area contributed by atoms with E-state index in [4.69, 9.17) is 0 Å². The van der Waals surface area contributed by atoms with Crippen LogP contribution in [0.25, 0.3) is 21.9 Å². The van der Waals surface area contributed by atoms with Crippen molar-refractivity contribution in [1.29, 1.82) is 0 Å². The lowest BCUT2D eigenvalue weighted by atomic mass is 10.2. The van der Waals surface area contributed by atoms with E-state index >= 15 is 0 Å². The van der Waals surface area contributed by atoms with E-state index in [1.807, 2.05) is 18.4 Å². The van der Waals surface area contributed by atoms with Crippen molar-refractivity contribution in [3.63, 3.8) is 0 Å². The molecule has 0 saturated carbocycles. The minimum Gasteiger partial charge on any atom is -0.268 e. The van der Waals surface area contributed by atoms with E-state index in [0.29, 0.717) is 16.2 Å². The molecule has 0 fully saturated rings. The van der Waals surface area contributed by atoms with E-state index in [-0.39, 0.29) is 5.56 Å². The molecule has 0 unspecified atom stereocenters. The van der Waals surface area contributed by atoms with Crippen molar-refractivity contribution < 1.29 is 0 Å². The Kier molecular flexibility index (Phi) is 2.25. The van der Waals surface area contributed by atoms with Gasteiger partial charge in [-0.05, 0) is 13.0 Å². The number of hydrogen-bond donors (Lipinski definition) is 0. The van der Waals surface area contributed by atoms with Crippen LogP contribution >= 0.6 is 11.3 Å². The van der Waals surface area contributed by atoms with Gasteiger partial charge in [-0.3, -0.25) is 9.20 Å². The summed E-state index contributed by atoms with van der Waals surface area (Å²) in [5.41, 5.74) is 2.68. The number of hydrogen-bond acceptors (Lipinski definition) is 5. The van der Waals surface area contributed by atoms with Crippen LogP contribution in [0.5, 0.6) is 0 Å². The molecule has 0 saturated heterocycles. The second kappa shape index (κ2) is 3.97. The molecule has 0 spiro atoms. The van der Waals surface area contributed by atoms with Crippen LogP contribution < -0.4 is 5.56 Å². The van der Waals surface area contributed by atoms with Crippen LogP contribution in [0.15, 0.2) is 40.9 Å². The Labute approximate surface area is 117 Å². The summed E-state index contributed by atoms with van der Waals surface area (Å²) in [4.78, 5) is 21.7. The average molecular weight is 283 g/mol. The van der Waals surface area contributed by atoms with E-state index in [9.17, 15) is 4.79 Å². The normalized spacial score (nSPS) is 11.4. The van der Waals surface area contributed by atoms with Gasteiger partial charge in [-0.15, -0.1) is 11.3 Å². The van der Waals surface area contributed by atoms with Crippen LogP contribution in [0.3, 0.4) is 0 Å². The molecule has 0 aromatic carbocycles. The van der Waals surface area contributed by atoms with Gasteiger partial charge in [0.15, 0.2) is 10.6 Å². The molecule has 4 aromatic heterocycles. The summed E-state index contributed by atoms with van der Waals surface area (Å²) in [6.07, 6.45) is 5.00. The maximum Gasteiger partial charge on any atom is 0.267 e. The SMILES string of the molecule is Cc1cc2nccc(-c3cnc4sccn4c3=O)n2n1. The molecule has 98 valence electrons. The van der Waals surface area contributed by atoms with Crippen LogP contribution in [0, 0.1) is 6.92 Å². The fraction of sp³-hybridized carbons (Fsp3) is 0.0769. The van der Waals surface area contributed by atoms with Crippen molar-refractivity contribution in [3.8, 4) is 11.3 Å². The van der Waals surface area contributed by atoms with E-state index in [2.05, 4.69) is 15.1 Å². The molecule has 20 heavy (non-hydrogen) atoms. The fourth-order valence-electron chi connectivity index (χ4n) is 2.21. The van der Waals surface area contributed by atoms with Crippen molar-refractivity contribution in [2.24, 2.45) is 0 Å². The number of aryl methyl sites for hydroxylation is 1. The van der Waals surface area contributed by atoms with Gasteiger partial charge < -0.3 is 0 Å². The topological polar surface area (TPSA) is 64.6 Å². The summed E-state index contributed by atoms with van der Waals surface area (Å²) in [5.74, 6) is 0. The molecule has 0 radical (unpaired) electrons. The number of nitrogens with zero attached hydrogens (tertiary/aromatic N) is 5. The van der Waals surface area contributed by atoms with E-state index in [1.54, 1.807) is 33.6 Å². The summed E-state index contributed by atoms with van der Waals surface area (Å²) >= 11 is 1.43.